The van der Waals surface area contributed by atoms with Gasteiger partial charge in [-0.3, -0.25) is 4.79 Å². The van der Waals surface area contributed by atoms with Gasteiger partial charge in [-0.25, -0.2) is 4.39 Å². The fraction of sp³-hybridized carbons (Fsp3) is 0.417. The Labute approximate surface area is 105 Å². The van der Waals surface area contributed by atoms with E-state index in [1.807, 2.05) is 0 Å². The standard InChI is InChI=1S/C12H16FNO4/c1-17-3-2-14-12(16)8-18-11-5-9(7-15)4-10(13)6-11/h4-6,15H,2-3,7-8H2,1H3,(H,14,16). The Kier molecular flexibility index (Phi) is 6.10. The normalized spacial score (nSPS) is 10.2. The molecule has 2 N–H and O–H groups in total. The highest BCUT2D eigenvalue weighted by Crippen LogP contribution is 2.16. The maximum Gasteiger partial charge on any atom is 0.258 e. The Balaban J connectivity index is 2.43. The lowest BCUT2D eigenvalue weighted by atomic mass is 10.2. The van der Waals surface area contributed by atoms with Crippen LogP contribution in [0.1, 0.15) is 5.56 Å². The molecule has 18 heavy (non-hydrogen) atoms. The van der Waals surface area contributed by atoms with E-state index in [0.717, 1.165) is 6.07 Å². The first kappa shape index (κ1) is 14.4. The minimum Gasteiger partial charge on any atom is -0.484 e. The Morgan fingerprint density at radius 3 is 2.89 bits per heavy atom. The van der Waals surface area contributed by atoms with E-state index < -0.39 is 5.82 Å². The van der Waals surface area contributed by atoms with Crippen molar-refractivity contribution in [3.63, 3.8) is 0 Å². The number of hydrogen-bond acceptors (Lipinski definition) is 4. The number of ether oxygens (including phenoxy) is 2. The number of aliphatic hydroxyl groups excluding tert-OH is 1. The van der Waals surface area contributed by atoms with Crippen molar-refractivity contribution in [2.75, 3.05) is 26.9 Å². The first-order valence-corrected chi connectivity index (χ1v) is 5.44. The topological polar surface area (TPSA) is 67.8 Å². The largest absolute Gasteiger partial charge is 0.484 e. The molecule has 1 aromatic rings. The summed E-state index contributed by atoms with van der Waals surface area (Å²) in [6, 6.07) is 3.83. The molecule has 0 heterocycles. The quantitative estimate of drug-likeness (QED) is 0.696. The maximum atomic E-state index is 13.1. The molecule has 0 saturated heterocycles. The lowest BCUT2D eigenvalue weighted by Gasteiger charge is -2.08. The number of benzene rings is 1. The van der Waals surface area contributed by atoms with Crippen LogP contribution in [0, 0.1) is 5.82 Å². The number of rotatable bonds is 7. The zero-order valence-electron chi connectivity index (χ0n) is 10.1. The number of methoxy groups -OCH3 is 1. The summed E-state index contributed by atoms with van der Waals surface area (Å²) in [6.45, 7) is 0.316. The first-order chi connectivity index (χ1) is 8.65. The molecule has 100 valence electrons. The fourth-order valence-corrected chi connectivity index (χ4v) is 1.29. The highest BCUT2D eigenvalue weighted by molar-refractivity contribution is 5.77. The van der Waals surface area contributed by atoms with E-state index in [1.165, 1.54) is 19.2 Å². The highest BCUT2D eigenvalue weighted by atomic mass is 19.1. The minimum absolute atomic E-state index is 0.209. The van der Waals surface area contributed by atoms with Crippen molar-refractivity contribution in [3.05, 3.63) is 29.6 Å². The summed E-state index contributed by atoms with van der Waals surface area (Å²) in [7, 11) is 1.53. The SMILES string of the molecule is COCCNC(=O)COc1cc(F)cc(CO)c1. The molecule has 1 rings (SSSR count). The van der Waals surface area contributed by atoms with Crippen molar-refractivity contribution in [2.45, 2.75) is 6.61 Å². The van der Waals surface area contributed by atoms with Crippen LogP contribution >= 0.6 is 0 Å². The van der Waals surface area contributed by atoms with Crippen LogP contribution in [0.3, 0.4) is 0 Å². The van der Waals surface area contributed by atoms with Crippen molar-refractivity contribution in [1.29, 1.82) is 0 Å². The fourth-order valence-electron chi connectivity index (χ4n) is 1.29. The van der Waals surface area contributed by atoms with Crippen molar-refractivity contribution < 1.29 is 23.8 Å². The average Bonchev–Trinajstić information content (AvgIpc) is 2.36. The molecule has 0 radical (unpaired) electrons. The predicted molar refractivity (Wildman–Crippen MR) is 62.7 cm³/mol. The number of hydrogen-bond donors (Lipinski definition) is 2. The van der Waals surface area contributed by atoms with Gasteiger partial charge >= 0.3 is 0 Å². The van der Waals surface area contributed by atoms with Gasteiger partial charge in [0.1, 0.15) is 11.6 Å². The van der Waals surface area contributed by atoms with E-state index in [0.29, 0.717) is 18.7 Å². The average molecular weight is 257 g/mol. The van der Waals surface area contributed by atoms with Gasteiger partial charge in [0.15, 0.2) is 6.61 Å². The summed E-state index contributed by atoms with van der Waals surface area (Å²) in [5.74, 6) is -0.626. The van der Waals surface area contributed by atoms with E-state index in [2.05, 4.69) is 5.32 Å². The van der Waals surface area contributed by atoms with Crippen molar-refractivity contribution in [2.24, 2.45) is 0 Å². The summed E-state index contributed by atoms with van der Waals surface area (Å²) in [5, 5.41) is 11.5. The molecule has 0 spiro atoms. The van der Waals surface area contributed by atoms with Crippen LogP contribution in [0.25, 0.3) is 0 Å². The number of carbonyl (C=O) groups excluding carboxylic acids is 1. The summed E-state index contributed by atoms with van der Waals surface area (Å²) in [4.78, 5) is 11.3. The Morgan fingerprint density at radius 2 is 2.22 bits per heavy atom. The van der Waals surface area contributed by atoms with Gasteiger partial charge in [0.2, 0.25) is 0 Å². The molecule has 6 heteroatoms. The molecule has 0 bridgehead atoms. The van der Waals surface area contributed by atoms with Crippen LogP contribution in [-0.4, -0.2) is 37.9 Å². The molecule has 0 aliphatic heterocycles. The van der Waals surface area contributed by atoms with E-state index in [4.69, 9.17) is 14.6 Å². The van der Waals surface area contributed by atoms with Crippen molar-refractivity contribution in [3.8, 4) is 5.75 Å². The van der Waals surface area contributed by atoms with E-state index >= 15 is 0 Å². The molecular weight excluding hydrogens is 241 g/mol. The predicted octanol–water partition coefficient (Wildman–Crippen LogP) is 0.459. The van der Waals surface area contributed by atoms with Crippen LogP contribution in [0.15, 0.2) is 18.2 Å². The van der Waals surface area contributed by atoms with E-state index in [9.17, 15) is 9.18 Å². The van der Waals surface area contributed by atoms with Gasteiger partial charge in [-0.05, 0) is 17.7 Å². The third kappa shape index (κ3) is 5.11. The monoisotopic (exact) mass is 257 g/mol. The molecule has 1 aromatic carbocycles. The summed E-state index contributed by atoms with van der Waals surface area (Å²) in [6.07, 6.45) is 0. The van der Waals surface area contributed by atoms with Gasteiger partial charge in [0, 0.05) is 19.7 Å². The smallest absolute Gasteiger partial charge is 0.258 e. The summed E-state index contributed by atoms with van der Waals surface area (Å²) >= 11 is 0. The van der Waals surface area contributed by atoms with E-state index in [1.54, 1.807) is 0 Å². The second-order valence-electron chi connectivity index (χ2n) is 3.58. The number of halogens is 1. The first-order valence-electron chi connectivity index (χ1n) is 5.44. The number of aliphatic hydroxyl groups is 1. The van der Waals surface area contributed by atoms with Crippen LogP contribution in [0.5, 0.6) is 5.75 Å². The van der Waals surface area contributed by atoms with Gasteiger partial charge in [-0.2, -0.15) is 0 Å². The second kappa shape index (κ2) is 7.62. The molecule has 0 aromatic heterocycles. The lowest BCUT2D eigenvalue weighted by molar-refractivity contribution is -0.123. The maximum absolute atomic E-state index is 13.1. The molecule has 0 atom stereocenters. The van der Waals surface area contributed by atoms with Crippen molar-refractivity contribution in [1.82, 2.24) is 5.32 Å². The van der Waals surface area contributed by atoms with Gasteiger partial charge < -0.3 is 19.9 Å². The lowest BCUT2D eigenvalue weighted by Crippen LogP contribution is -2.31. The molecule has 0 aliphatic rings. The van der Waals surface area contributed by atoms with Gasteiger partial charge in [0.05, 0.1) is 13.2 Å². The molecule has 1 amide bonds. The number of nitrogens with one attached hydrogen (secondary N) is 1. The van der Waals surface area contributed by atoms with Gasteiger partial charge in [0.25, 0.3) is 5.91 Å². The van der Waals surface area contributed by atoms with Crippen molar-refractivity contribution >= 4 is 5.91 Å². The number of amides is 1. The van der Waals surface area contributed by atoms with Crippen LogP contribution in [0.4, 0.5) is 4.39 Å². The Bertz CT molecular complexity index is 398. The molecule has 0 fully saturated rings. The Hall–Kier alpha value is -1.66. The van der Waals surface area contributed by atoms with Crippen LogP contribution in [-0.2, 0) is 16.1 Å². The molecule has 0 saturated carbocycles. The molecule has 0 aliphatic carbocycles. The number of carbonyl (C=O) groups is 1. The minimum atomic E-state index is -0.517. The zero-order valence-corrected chi connectivity index (χ0v) is 10.1. The van der Waals surface area contributed by atoms with Crippen LogP contribution in [0.2, 0.25) is 0 Å². The van der Waals surface area contributed by atoms with Crippen LogP contribution < -0.4 is 10.1 Å². The molecule has 0 unspecified atom stereocenters. The summed E-state index contributed by atoms with van der Waals surface area (Å²) < 4.78 is 23.0. The molecule has 5 nitrogen and oxygen atoms in total. The summed E-state index contributed by atoms with van der Waals surface area (Å²) in [5.41, 5.74) is 0.393. The zero-order chi connectivity index (χ0) is 13.4. The Morgan fingerprint density at radius 1 is 1.44 bits per heavy atom. The van der Waals surface area contributed by atoms with Gasteiger partial charge in [-0.15, -0.1) is 0 Å². The second-order valence-corrected chi connectivity index (χ2v) is 3.58. The van der Waals surface area contributed by atoms with E-state index in [-0.39, 0.29) is 24.9 Å². The third-order valence-electron chi connectivity index (χ3n) is 2.11. The highest BCUT2D eigenvalue weighted by Gasteiger charge is 2.05. The third-order valence-corrected chi connectivity index (χ3v) is 2.11. The molecular formula is C12H16FNO4. The van der Waals surface area contributed by atoms with Gasteiger partial charge in [-0.1, -0.05) is 0 Å².